The van der Waals surface area contributed by atoms with Crippen molar-refractivity contribution in [2.75, 3.05) is 13.6 Å². The van der Waals surface area contributed by atoms with Crippen LogP contribution in [0.15, 0.2) is 0 Å². The number of carbonyl (C=O) groups excluding carboxylic acids is 1. The predicted octanol–water partition coefficient (Wildman–Crippen LogP) is 0.342. The van der Waals surface area contributed by atoms with E-state index in [0.29, 0.717) is 6.42 Å². The summed E-state index contributed by atoms with van der Waals surface area (Å²) in [5, 5.41) is 0. The highest BCUT2D eigenvalue weighted by atomic mass is 19.3. The van der Waals surface area contributed by atoms with Gasteiger partial charge in [0.25, 0.3) is 6.43 Å². The van der Waals surface area contributed by atoms with Gasteiger partial charge >= 0.3 is 0 Å². The average Bonchev–Trinajstić information content (AvgIpc) is 2.12. The molecule has 0 rings (SSSR count). The molecule has 0 aromatic heterocycles. The number of halogens is 2. The summed E-state index contributed by atoms with van der Waals surface area (Å²) in [6.45, 7) is 1.53. The quantitative estimate of drug-likeness (QED) is 0.377. The van der Waals surface area contributed by atoms with Crippen molar-refractivity contribution in [1.82, 2.24) is 10.3 Å². The number of alkyl halides is 2. The van der Waals surface area contributed by atoms with Crippen LogP contribution in [0.25, 0.3) is 0 Å². The molecule has 0 bridgehead atoms. The van der Waals surface area contributed by atoms with E-state index in [1.54, 1.807) is 14.0 Å². The monoisotopic (exact) mass is 209 g/mol. The lowest BCUT2D eigenvalue weighted by molar-refractivity contribution is -0.121. The number of nitrogens with zero attached hydrogens (tertiary/aromatic N) is 1. The molecule has 1 amide bonds. The normalized spacial score (nSPS) is 13.4. The first-order valence-corrected chi connectivity index (χ1v) is 4.45. The molecule has 0 saturated carbocycles. The van der Waals surface area contributed by atoms with Gasteiger partial charge in [-0.1, -0.05) is 0 Å². The maximum absolute atomic E-state index is 12.0. The second-order valence-corrected chi connectivity index (χ2v) is 3.29. The molecule has 0 heterocycles. The lowest BCUT2D eigenvalue weighted by Gasteiger charge is -2.23. The van der Waals surface area contributed by atoms with Gasteiger partial charge in [-0.2, -0.15) is 0 Å². The third kappa shape index (κ3) is 5.82. The SMILES string of the molecule is CC(CCC(=O)NN)N(C)CC(F)F. The largest absolute Gasteiger partial charge is 0.298 e. The summed E-state index contributed by atoms with van der Waals surface area (Å²) in [5.41, 5.74) is 1.99. The van der Waals surface area contributed by atoms with Crippen LogP contribution in [0.2, 0.25) is 0 Å². The van der Waals surface area contributed by atoms with Gasteiger partial charge in [0.15, 0.2) is 0 Å². The van der Waals surface area contributed by atoms with Crippen LogP contribution in [-0.2, 0) is 4.79 Å². The fourth-order valence-corrected chi connectivity index (χ4v) is 1.03. The van der Waals surface area contributed by atoms with E-state index in [4.69, 9.17) is 5.84 Å². The first-order chi connectivity index (χ1) is 6.47. The zero-order valence-electron chi connectivity index (χ0n) is 8.46. The highest BCUT2D eigenvalue weighted by molar-refractivity contribution is 5.75. The fraction of sp³-hybridized carbons (Fsp3) is 0.875. The van der Waals surface area contributed by atoms with Gasteiger partial charge < -0.3 is 0 Å². The first-order valence-electron chi connectivity index (χ1n) is 4.45. The second-order valence-electron chi connectivity index (χ2n) is 3.29. The smallest absolute Gasteiger partial charge is 0.251 e. The van der Waals surface area contributed by atoms with Crippen LogP contribution in [0.4, 0.5) is 8.78 Å². The van der Waals surface area contributed by atoms with Gasteiger partial charge in [-0.3, -0.25) is 15.1 Å². The second kappa shape index (κ2) is 6.67. The fourth-order valence-electron chi connectivity index (χ4n) is 1.03. The summed E-state index contributed by atoms with van der Waals surface area (Å²) in [4.78, 5) is 12.3. The van der Waals surface area contributed by atoms with Crippen LogP contribution in [0.3, 0.4) is 0 Å². The lowest BCUT2D eigenvalue weighted by atomic mass is 10.1. The lowest BCUT2D eigenvalue weighted by Crippen LogP contribution is -2.35. The zero-order chi connectivity index (χ0) is 11.1. The van der Waals surface area contributed by atoms with E-state index in [0.717, 1.165) is 0 Å². The summed E-state index contributed by atoms with van der Waals surface area (Å²) in [5.74, 6) is 4.61. The number of hydrogen-bond acceptors (Lipinski definition) is 3. The standard InChI is InChI=1S/C8H17F2N3O/c1-6(3-4-8(14)12-11)13(2)5-7(9)10/h6-7H,3-5,11H2,1-2H3,(H,12,14). The Morgan fingerprint density at radius 3 is 2.57 bits per heavy atom. The minimum atomic E-state index is -2.34. The predicted molar refractivity (Wildman–Crippen MR) is 49.7 cm³/mol. The zero-order valence-corrected chi connectivity index (χ0v) is 8.46. The Hall–Kier alpha value is -0.750. The van der Waals surface area contributed by atoms with Crippen molar-refractivity contribution in [1.29, 1.82) is 0 Å². The third-order valence-electron chi connectivity index (χ3n) is 2.13. The molecular weight excluding hydrogens is 192 g/mol. The molecule has 0 fully saturated rings. The molecule has 0 aliphatic rings. The van der Waals surface area contributed by atoms with Crippen molar-refractivity contribution in [3.63, 3.8) is 0 Å². The van der Waals surface area contributed by atoms with Crippen molar-refractivity contribution in [3.8, 4) is 0 Å². The molecule has 6 heteroatoms. The van der Waals surface area contributed by atoms with Gasteiger partial charge in [0.2, 0.25) is 5.91 Å². The van der Waals surface area contributed by atoms with Crippen molar-refractivity contribution >= 4 is 5.91 Å². The molecule has 0 radical (unpaired) electrons. The topological polar surface area (TPSA) is 58.4 Å². The molecule has 14 heavy (non-hydrogen) atoms. The molecular formula is C8H17F2N3O. The molecule has 3 N–H and O–H groups in total. The first kappa shape index (κ1) is 13.2. The van der Waals surface area contributed by atoms with E-state index in [-0.39, 0.29) is 24.9 Å². The van der Waals surface area contributed by atoms with Crippen LogP contribution in [0.5, 0.6) is 0 Å². The molecule has 0 aliphatic heterocycles. The Kier molecular flexibility index (Phi) is 6.31. The number of hydrazine groups is 1. The Balaban J connectivity index is 3.72. The molecule has 0 aromatic carbocycles. The number of nitrogens with two attached hydrogens (primary N) is 1. The van der Waals surface area contributed by atoms with E-state index < -0.39 is 6.43 Å². The Labute approximate surface area is 82.4 Å². The molecule has 0 saturated heterocycles. The summed E-state index contributed by atoms with van der Waals surface area (Å²) in [6, 6.07) is -0.0544. The van der Waals surface area contributed by atoms with E-state index in [9.17, 15) is 13.6 Å². The highest BCUT2D eigenvalue weighted by Gasteiger charge is 2.14. The number of hydrogen-bond donors (Lipinski definition) is 2. The van der Waals surface area contributed by atoms with Crippen LogP contribution in [0.1, 0.15) is 19.8 Å². The van der Waals surface area contributed by atoms with Crippen molar-refractivity contribution in [3.05, 3.63) is 0 Å². The Morgan fingerprint density at radius 2 is 2.14 bits per heavy atom. The van der Waals surface area contributed by atoms with E-state index in [1.807, 2.05) is 5.43 Å². The average molecular weight is 209 g/mol. The third-order valence-corrected chi connectivity index (χ3v) is 2.13. The minimum Gasteiger partial charge on any atom is -0.298 e. The molecule has 0 aromatic rings. The van der Waals surface area contributed by atoms with Crippen LogP contribution >= 0.6 is 0 Å². The number of carbonyl (C=O) groups is 1. The van der Waals surface area contributed by atoms with Gasteiger partial charge in [0, 0.05) is 12.5 Å². The molecule has 0 spiro atoms. The molecule has 84 valence electrons. The van der Waals surface area contributed by atoms with Gasteiger partial charge in [0.1, 0.15) is 0 Å². The summed E-state index contributed by atoms with van der Waals surface area (Å²) in [6.07, 6.45) is -1.57. The summed E-state index contributed by atoms with van der Waals surface area (Å²) < 4.78 is 23.9. The van der Waals surface area contributed by atoms with Crippen LogP contribution in [-0.4, -0.2) is 36.9 Å². The maximum atomic E-state index is 12.0. The van der Waals surface area contributed by atoms with Crippen molar-refractivity contribution in [2.45, 2.75) is 32.2 Å². The van der Waals surface area contributed by atoms with Crippen molar-refractivity contribution < 1.29 is 13.6 Å². The van der Waals surface area contributed by atoms with E-state index in [2.05, 4.69) is 0 Å². The maximum Gasteiger partial charge on any atom is 0.251 e. The number of amides is 1. The Bertz CT molecular complexity index is 178. The van der Waals surface area contributed by atoms with Gasteiger partial charge in [-0.25, -0.2) is 14.6 Å². The number of rotatable bonds is 6. The van der Waals surface area contributed by atoms with Gasteiger partial charge in [-0.15, -0.1) is 0 Å². The van der Waals surface area contributed by atoms with Gasteiger partial charge in [0.05, 0.1) is 6.54 Å². The number of nitrogens with one attached hydrogen (secondary N) is 1. The van der Waals surface area contributed by atoms with Crippen LogP contribution in [0, 0.1) is 0 Å². The Morgan fingerprint density at radius 1 is 1.57 bits per heavy atom. The molecule has 1 atom stereocenters. The molecule has 0 aliphatic carbocycles. The molecule has 1 unspecified atom stereocenters. The van der Waals surface area contributed by atoms with Gasteiger partial charge in [-0.05, 0) is 20.4 Å². The summed E-state index contributed by atoms with van der Waals surface area (Å²) in [7, 11) is 1.61. The van der Waals surface area contributed by atoms with Crippen LogP contribution < -0.4 is 11.3 Å². The summed E-state index contributed by atoms with van der Waals surface area (Å²) >= 11 is 0. The highest BCUT2D eigenvalue weighted by Crippen LogP contribution is 2.06. The van der Waals surface area contributed by atoms with E-state index in [1.165, 1.54) is 4.90 Å². The minimum absolute atomic E-state index is 0.0544. The van der Waals surface area contributed by atoms with E-state index >= 15 is 0 Å². The van der Waals surface area contributed by atoms with Crippen molar-refractivity contribution in [2.24, 2.45) is 5.84 Å². The molecule has 4 nitrogen and oxygen atoms in total.